The molecule has 5 heteroatoms. The van der Waals surface area contributed by atoms with E-state index < -0.39 is 23.3 Å². The first kappa shape index (κ1) is 42.2. The predicted octanol–water partition coefficient (Wildman–Crippen LogP) is 15.3. The number of rotatable bonds is 16. The van der Waals surface area contributed by atoms with Crippen molar-refractivity contribution in [2.24, 2.45) is 47.3 Å². The van der Waals surface area contributed by atoms with Crippen molar-refractivity contribution < 1.29 is 22.3 Å². The first-order chi connectivity index (χ1) is 26.8. The van der Waals surface area contributed by atoms with Gasteiger partial charge < -0.3 is 4.74 Å². The number of hydrogen-bond acceptors (Lipinski definition) is 1. The van der Waals surface area contributed by atoms with Crippen molar-refractivity contribution in [1.82, 2.24) is 0 Å². The predicted molar refractivity (Wildman–Crippen MR) is 220 cm³/mol. The number of benzene rings is 2. The van der Waals surface area contributed by atoms with Gasteiger partial charge in [0.05, 0.1) is 13.2 Å². The molecule has 0 saturated heterocycles. The second-order valence-corrected chi connectivity index (χ2v) is 18.2. The summed E-state index contributed by atoms with van der Waals surface area (Å²) in [7, 11) is 0. The monoisotopic (exact) mass is 763 g/mol. The van der Waals surface area contributed by atoms with Crippen LogP contribution in [0.3, 0.4) is 0 Å². The fourth-order valence-corrected chi connectivity index (χ4v) is 11.4. The number of halogens is 4. The Morgan fingerprint density at radius 1 is 0.491 bits per heavy atom. The van der Waals surface area contributed by atoms with E-state index in [9.17, 15) is 17.6 Å². The third kappa shape index (κ3) is 11.8. The highest BCUT2D eigenvalue weighted by atomic mass is 19.2. The summed E-state index contributed by atoms with van der Waals surface area (Å²) in [4.78, 5) is 0. The zero-order valence-corrected chi connectivity index (χ0v) is 34.1. The summed E-state index contributed by atoms with van der Waals surface area (Å²) in [6.07, 6.45) is 32.3. The molecule has 4 aliphatic carbocycles. The minimum Gasteiger partial charge on any atom is -0.373 e. The van der Waals surface area contributed by atoms with Crippen LogP contribution in [0, 0.1) is 70.6 Å². The van der Waals surface area contributed by atoms with Crippen LogP contribution >= 0.6 is 0 Å². The van der Waals surface area contributed by atoms with E-state index in [1.54, 1.807) is 12.1 Å². The van der Waals surface area contributed by atoms with Crippen LogP contribution in [0.2, 0.25) is 0 Å². The van der Waals surface area contributed by atoms with E-state index in [-0.39, 0.29) is 0 Å². The molecule has 1 nitrogen and oxygen atoms in total. The minimum absolute atomic E-state index is 0.292. The van der Waals surface area contributed by atoms with Gasteiger partial charge in [0.2, 0.25) is 0 Å². The highest BCUT2D eigenvalue weighted by Crippen LogP contribution is 2.47. The van der Waals surface area contributed by atoms with Gasteiger partial charge in [-0.05, 0) is 171 Å². The molecule has 0 bridgehead atoms. The topological polar surface area (TPSA) is 9.23 Å². The molecule has 0 N–H and O–H groups in total. The van der Waals surface area contributed by atoms with Crippen LogP contribution in [-0.2, 0) is 4.74 Å². The molecular formula is C50H70F4O. The lowest BCUT2D eigenvalue weighted by Gasteiger charge is -2.38. The van der Waals surface area contributed by atoms with Crippen LogP contribution in [-0.4, -0.2) is 13.2 Å². The molecule has 2 aromatic carbocycles. The number of ether oxygens (including phenoxy) is 1. The Balaban J connectivity index is 1.07. The largest absolute Gasteiger partial charge is 0.373 e. The molecule has 0 unspecified atom stereocenters. The summed E-state index contributed by atoms with van der Waals surface area (Å²) >= 11 is 0. The molecule has 0 aromatic heterocycles. The fraction of sp³-hybridized carbons (Fsp3) is 0.680. The first-order valence-corrected chi connectivity index (χ1v) is 22.7. The quantitative estimate of drug-likeness (QED) is 0.122. The molecule has 2 aromatic rings. The Hall–Kier alpha value is -2.40. The Morgan fingerprint density at radius 2 is 0.836 bits per heavy atom. The molecule has 4 saturated carbocycles. The Kier molecular flexibility index (Phi) is 16.4. The van der Waals surface area contributed by atoms with Crippen molar-refractivity contribution in [1.29, 1.82) is 0 Å². The highest BCUT2D eigenvalue weighted by molar-refractivity contribution is 5.68. The van der Waals surface area contributed by atoms with Crippen LogP contribution in [0.15, 0.2) is 48.6 Å². The zero-order valence-electron chi connectivity index (χ0n) is 34.1. The normalized spacial score (nSPS) is 29.7. The second kappa shape index (κ2) is 21.4. The third-order valence-electron chi connectivity index (χ3n) is 14.8. The van der Waals surface area contributed by atoms with Gasteiger partial charge in [-0.25, -0.2) is 17.6 Å². The maximum atomic E-state index is 14.5. The van der Waals surface area contributed by atoms with Gasteiger partial charge in [-0.1, -0.05) is 102 Å². The van der Waals surface area contributed by atoms with Crippen LogP contribution in [0.1, 0.15) is 166 Å². The van der Waals surface area contributed by atoms with Gasteiger partial charge in [0.15, 0.2) is 23.3 Å². The van der Waals surface area contributed by atoms with Crippen LogP contribution < -0.4 is 0 Å². The van der Waals surface area contributed by atoms with Gasteiger partial charge in [0.25, 0.3) is 0 Å². The third-order valence-corrected chi connectivity index (χ3v) is 14.8. The molecule has 0 radical (unpaired) electrons. The van der Waals surface area contributed by atoms with Crippen molar-refractivity contribution in [3.63, 3.8) is 0 Å². The first-order valence-electron chi connectivity index (χ1n) is 22.7. The summed E-state index contributed by atoms with van der Waals surface area (Å²) in [6, 6.07) is 8.60. The van der Waals surface area contributed by atoms with Gasteiger partial charge >= 0.3 is 0 Å². The molecule has 0 atom stereocenters. The van der Waals surface area contributed by atoms with Gasteiger partial charge in [0, 0.05) is 0 Å². The number of allylic oxidation sites excluding steroid dienone is 2. The molecule has 6 rings (SSSR count). The minimum atomic E-state index is -0.823. The van der Waals surface area contributed by atoms with Gasteiger partial charge in [-0.3, -0.25) is 0 Å². The van der Waals surface area contributed by atoms with E-state index in [4.69, 9.17) is 4.74 Å². The summed E-state index contributed by atoms with van der Waals surface area (Å²) in [5.41, 5.74) is 3.60. The maximum Gasteiger partial charge on any atom is 0.159 e. The zero-order chi connectivity index (χ0) is 38.6. The van der Waals surface area contributed by atoms with Crippen LogP contribution in [0.25, 0.3) is 11.1 Å². The molecule has 0 heterocycles. The molecule has 55 heavy (non-hydrogen) atoms. The smallest absolute Gasteiger partial charge is 0.159 e. The van der Waals surface area contributed by atoms with Gasteiger partial charge in [0.1, 0.15) is 0 Å². The molecule has 0 aliphatic heterocycles. The second-order valence-electron chi connectivity index (χ2n) is 18.2. The SMILES string of the molecule is CCCCC1CCC(C2CCC(C(=CCOCC=C(c3ccc(F)c(F)c3)C3CCC(C4CCC(CCCC)CC4)CC3)c3ccc(F)c(F)c3)CC2)CC1. The molecule has 0 spiro atoms. The molecule has 4 fully saturated rings. The Morgan fingerprint density at radius 3 is 1.16 bits per heavy atom. The molecule has 4 aliphatic rings. The summed E-state index contributed by atoms with van der Waals surface area (Å²) in [5, 5.41) is 0. The average molecular weight is 763 g/mol. The van der Waals surface area contributed by atoms with Crippen molar-refractivity contribution >= 4 is 11.1 Å². The number of hydrogen-bond donors (Lipinski definition) is 0. The lowest BCUT2D eigenvalue weighted by Crippen LogP contribution is -2.26. The molecular weight excluding hydrogens is 693 g/mol. The van der Waals surface area contributed by atoms with E-state index >= 15 is 0 Å². The van der Waals surface area contributed by atoms with Crippen molar-refractivity contribution in [2.45, 2.75) is 155 Å². The average Bonchev–Trinajstić information content (AvgIpc) is 3.22. The maximum absolute atomic E-state index is 14.5. The van der Waals surface area contributed by atoms with Gasteiger partial charge in [-0.2, -0.15) is 0 Å². The van der Waals surface area contributed by atoms with E-state index in [2.05, 4.69) is 26.0 Å². The van der Waals surface area contributed by atoms with Gasteiger partial charge in [-0.15, -0.1) is 0 Å². The van der Waals surface area contributed by atoms with E-state index in [0.29, 0.717) is 25.0 Å². The van der Waals surface area contributed by atoms with Crippen molar-refractivity contribution in [3.05, 3.63) is 82.9 Å². The van der Waals surface area contributed by atoms with Crippen LogP contribution in [0.5, 0.6) is 0 Å². The van der Waals surface area contributed by atoms with Crippen molar-refractivity contribution in [2.75, 3.05) is 13.2 Å². The fourth-order valence-electron chi connectivity index (χ4n) is 11.4. The summed E-state index contributed by atoms with van der Waals surface area (Å²) in [6.45, 7) is 5.28. The Bertz CT molecular complexity index is 1400. The highest BCUT2D eigenvalue weighted by Gasteiger charge is 2.34. The lowest BCUT2D eigenvalue weighted by molar-refractivity contribution is 0.152. The van der Waals surface area contributed by atoms with E-state index in [1.165, 1.54) is 140 Å². The van der Waals surface area contributed by atoms with E-state index in [0.717, 1.165) is 83.5 Å². The van der Waals surface area contributed by atoms with Crippen molar-refractivity contribution in [3.8, 4) is 0 Å². The molecule has 304 valence electrons. The lowest BCUT2D eigenvalue weighted by atomic mass is 9.67. The summed E-state index contributed by atoms with van der Waals surface area (Å²) in [5.74, 6) is 2.35. The number of unbranched alkanes of at least 4 members (excludes halogenated alkanes) is 2. The standard InChI is InChI=1S/C50H70F4O/c1-3-5-7-35-9-13-37(14-10-35)39-17-21-41(22-18-39)45(43-25-27-47(51)49(53)33-43)29-31-55-32-30-46(44-26-28-48(52)50(54)34-44)42-23-19-40(20-24-42)38-15-11-36(12-16-38)8-6-4-2/h25-30,33-42H,3-24,31-32H2,1-2H3. The summed E-state index contributed by atoms with van der Waals surface area (Å²) < 4.78 is 63.4. The Labute approximate surface area is 331 Å². The van der Waals surface area contributed by atoms with E-state index in [1.807, 2.05) is 0 Å². The van der Waals surface area contributed by atoms with Crippen LogP contribution in [0.4, 0.5) is 17.6 Å². The molecule has 0 amide bonds.